The molecule has 0 atom stereocenters. The molecule has 0 unspecified atom stereocenters. The van der Waals surface area contributed by atoms with Gasteiger partial charge in [0.05, 0.1) is 24.9 Å². The third-order valence-electron chi connectivity index (χ3n) is 2.86. The molecule has 6 heteroatoms. The lowest BCUT2D eigenvalue weighted by Gasteiger charge is -2.15. The van der Waals surface area contributed by atoms with Crippen molar-refractivity contribution in [3.63, 3.8) is 0 Å². The van der Waals surface area contributed by atoms with Gasteiger partial charge in [-0.15, -0.1) is 0 Å². The highest BCUT2D eigenvalue weighted by Crippen LogP contribution is 2.41. The number of hydrogen-bond acceptors (Lipinski definition) is 4. The van der Waals surface area contributed by atoms with Crippen LogP contribution in [0, 0.1) is 0 Å². The molecule has 0 spiro atoms. The van der Waals surface area contributed by atoms with Gasteiger partial charge in [-0.3, -0.25) is 4.98 Å². The molecular formula is C15H18NO4P. The first-order valence-corrected chi connectivity index (χ1v) is 8.15. The van der Waals surface area contributed by atoms with E-state index in [-0.39, 0.29) is 5.56 Å². The van der Waals surface area contributed by atoms with Crippen molar-refractivity contribution >= 4 is 25.1 Å². The average Bonchev–Trinajstić information content (AvgIpc) is 2.47. The fourth-order valence-corrected chi connectivity index (χ4v) is 3.23. The van der Waals surface area contributed by atoms with Gasteiger partial charge in [0.1, 0.15) is 0 Å². The van der Waals surface area contributed by atoms with Gasteiger partial charge in [-0.25, -0.2) is 4.79 Å². The Kier molecular flexibility index (Phi) is 5.62. The van der Waals surface area contributed by atoms with Crippen LogP contribution in [0.1, 0.15) is 29.9 Å². The van der Waals surface area contributed by atoms with E-state index >= 15 is 0 Å². The van der Waals surface area contributed by atoms with Gasteiger partial charge in [0, 0.05) is 17.3 Å². The van der Waals surface area contributed by atoms with Crippen molar-refractivity contribution in [3.05, 3.63) is 41.7 Å². The van der Waals surface area contributed by atoms with Crippen molar-refractivity contribution in [3.8, 4) is 0 Å². The highest BCUT2D eigenvalue weighted by molar-refractivity contribution is 7.46. The van der Waals surface area contributed by atoms with Crippen LogP contribution in [0.4, 0.5) is 0 Å². The monoisotopic (exact) mass is 307 g/mol. The summed E-state index contributed by atoms with van der Waals surface area (Å²) >= 11 is 0. The minimum atomic E-state index is -0.991. The van der Waals surface area contributed by atoms with Gasteiger partial charge in [-0.2, -0.15) is 0 Å². The molecule has 112 valence electrons. The molecule has 0 bridgehead atoms. The molecular weight excluding hydrogens is 289 g/mol. The van der Waals surface area contributed by atoms with Gasteiger partial charge in [0.2, 0.25) is 0 Å². The van der Waals surface area contributed by atoms with E-state index < -0.39 is 14.3 Å². The van der Waals surface area contributed by atoms with Gasteiger partial charge >= 0.3 is 5.97 Å². The van der Waals surface area contributed by atoms with Crippen LogP contribution in [-0.4, -0.2) is 29.3 Å². The fourth-order valence-electron chi connectivity index (χ4n) is 1.95. The maximum Gasteiger partial charge on any atom is 0.335 e. The molecule has 2 aromatic rings. The second-order valence-electron chi connectivity index (χ2n) is 4.37. The van der Waals surface area contributed by atoms with E-state index in [1.807, 2.05) is 19.9 Å². The summed E-state index contributed by atoms with van der Waals surface area (Å²) in [6.45, 7) is 5.06. The number of nitrogens with zero attached hydrogens (tertiary/aromatic N) is 1. The molecule has 0 aliphatic heterocycles. The van der Waals surface area contributed by atoms with Crippen LogP contribution in [0.5, 0.6) is 0 Å². The maximum atomic E-state index is 11.0. The number of carbonyl (C=O) groups is 1. The van der Waals surface area contributed by atoms with E-state index in [0.29, 0.717) is 19.4 Å². The molecule has 21 heavy (non-hydrogen) atoms. The fraction of sp³-hybridized carbons (Fsp3) is 0.333. The third kappa shape index (κ3) is 4.21. The highest BCUT2D eigenvalue weighted by Gasteiger charge is 2.12. The van der Waals surface area contributed by atoms with Crippen molar-refractivity contribution in [2.24, 2.45) is 0 Å². The number of rotatable bonds is 7. The molecule has 1 N–H and O–H groups in total. The van der Waals surface area contributed by atoms with E-state index in [1.165, 1.54) is 0 Å². The van der Waals surface area contributed by atoms with Crippen molar-refractivity contribution < 1.29 is 18.9 Å². The van der Waals surface area contributed by atoms with E-state index in [9.17, 15) is 4.79 Å². The summed E-state index contributed by atoms with van der Waals surface area (Å²) in [6.07, 6.45) is 2.35. The van der Waals surface area contributed by atoms with Crippen LogP contribution in [0.25, 0.3) is 10.8 Å². The summed E-state index contributed by atoms with van der Waals surface area (Å²) in [4.78, 5) is 15.4. The number of benzene rings is 1. The van der Waals surface area contributed by atoms with Crippen molar-refractivity contribution in [1.82, 2.24) is 4.98 Å². The number of hydrogen-bond donors (Lipinski definition) is 1. The normalized spacial score (nSPS) is 11.2. The summed E-state index contributed by atoms with van der Waals surface area (Å²) in [5.74, 6) is -0.929. The first-order valence-electron chi connectivity index (χ1n) is 6.79. The van der Waals surface area contributed by atoms with Crippen LogP contribution in [0.2, 0.25) is 0 Å². The van der Waals surface area contributed by atoms with Crippen LogP contribution >= 0.6 is 8.38 Å². The maximum absolute atomic E-state index is 11.0. The summed E-state index contributed by atoms with van der Waals surface area (Å²) in [7, 11) is -0.991. The Morgan fingerprint density at radius 2 is 1.90 bits per heavy atom. The zero-order valence-corrected chi connectivity index (χ0v) is 13.0. The molecule has 2 rings (SSSR count). The lowest BCUT2D eigenvalue weighted by molar-refractivity contribution is 0.0697. The largest absolute Gasteiger partial charge is 0.478 e. The number of carboxylic acid groups (broad SMARTS) is 1. The van der Waals surface area contributed by atoms with Gasteiger partial charge < -0.3 is 14.2 Å². The van der Waals surface area contributed by atoms with Gasteiger partial charge in [-0.1, -0.05) is 6.07 Å². The molecule has 0 aliphatic carbocycles. The Hall–Kier alpha value is -1.55. The standard InChI is InChI=1S/C15H18NO4P/c1-3-19-21(20-4-2)10-14-8-13-7-11(15(17)18)5-6-12(13)9-16-14/h5-9H,3-4,10H2,1-2H3,(H,17,18). The highest BCUT2D eigenvalue weighted by atomic mass is 31.2. The van der Waals surface area contributed by atoms with Crippen molar-refractivity contribution in [2.45, 2.75) is 20.0 Å². The van der Waals surface area contributed by atoms with Crippen LogP contribution < -0.4 is 0 Å². The quantitative estimate of drug-likeness (QED) is 0.788. The minimum Gasteiger partial charge on any atom is -0.478 e. The molecule has 0 saturated carbocycles. The summed E-state index contributed by atoms with van der Waals surface area (Å²) in [6, 6.07) is 6.91. The summed E-state index contributed by atoms with van der Waals surface area (Å²) in [5, 5.41) is 10.8. The van der Waals surface area contributed by atoms with E-state index in [4.69, 9.17) is 14.2 Å². The molecule has 1 heterocycles. The Labute approximate surface area is 124 Å². The molecule has 0 radical (unpaired) electrons. The summed E-state index contributed by atoms with van der Waals surface area (Å²) in [5.41, 5.74) is 1.12. The Balaban J connectivity index is 2.25. The molecule has 0 amide bonds. The Morgan fingerprint density at radius 3 is 2.52 bits per heavy atom. The third-order valence-corrected chi connectivity index (χ3v) is 4.54. The number of fused-ring (bicyclic) bond motifs is 1. The number of aromatic carboxylic acids is 1. The molecule has 0 saturated heterocycles. The van der Waals surface area contributed by atoms with E-state index in [1.54, 1.807) is 24.4 Å². The minimum absolute atomic E-state index is 0.275. The second kappa shape index (κ2) is 7.46. The van der Waals surface area contributed by atoms with Gasteiger partial charge in [-0.05, 0) is 37.4 Å². The second-order valence-corrected chi connectivity index (χ2v) is 5.87. The lowest BCUT2D eigenvalue weighted by atomic mass is 10.1. The van der Waals surface area contributed by atoms with E-state index in [2.05, 4.69) is 4.98 Å². The topological polar surface area (TPSA) is 68.7 Å². The number of aromatic nitrogens is 1. The zero-order chi connectivity index (χ0) is 15.2. The van der Waals surface area contributed by atoms with Crippen LogP contribution in [0.15, 0.2) is 30.5 Å². The summed E-state index contributed by atoms with van der Waals surface area (Å²) < 4.78 is 11.1. The van der Waals surface area contributed by atoms with E-state index in [0.717, 1.165) is 16.5 Å². The van der Waals surface area contributed by atoms with Gasteiger partial charge in [0.25, 0.3) is 0 Å². The predicted molar refractivity (Wildman–Crippen MR) is 82.6 cm³/mol. The average molecular weight is 307 g/mol. The first-order chi connectivity index (χ1) is 10.1. The van der Waals surface area contributed by atoms with Crippen LogP contribution in [-0.2, 0) is 15.2 Å². The number of pyridine rings is 1. The molecule has 5 nitrogen and oxygen atoms in total. The molecule has 0 fully saturated rings. The SMILES string of the molecule is CCOP(Cc1cc2cc(C(=O)O)ccc2cn1)OCC. The van der Waals surface area contributed by atoms with Crippen LogP contribution in [0.3, 0.4) is 0 Å². The predicted octanol–water partition coefficient (Wildman–Crippen LogP) is 3.82. The van der Waals surface area contributed by atoms with Crippen molar-refractivity contribution in [1.29, 1.82) is 0 Å². The zero-order valence-electron chi connectivity index (χ0n) is 12.1. The number of carboxylic acids is 1. The molecule has 1 aromatic heterocycles. The molecule has 1 aromatic carbocycles. The van der Waals surface area contributed by atoms with Gasteiger partial charge in [0.15, 0.2) is 8.38 Å². The lowest BCUT2D eigenvalue weighted by Crippen LogP contribution is -1.98. The smallest absolute Gasteiger partial charge is 0.335 e. The Morgan fingerprint density at radius 1 is 1.19 bits per heavy atom. The van der Waals surface area contributed by atoms with Crippen molar-refractivity contribution in [2.75, 3.05) is 13.2 Å². The Bertz CT molecular complexity index is 626. The first kappa shape index (κ1) is 15.8. The molecule has 0 aliphatic rings.